The fourth-order valence-electron chi connectivity index (χ4n) is 1.77. The molecule has 0 aliphatic rings. The molecule has 20 heavy (non-hydrogen) atoms. The third kappa shape index (κ3) is 2.53. The summed E-state index contributed by atoms with van der Waals surface area (Å²) in [7, 11) is -3.77. The van der Waals surface area contributed by atoms with Crippen LogP contribution in [-0.2, 0) is 16.4 Å². The van der Waals surface area contributed by atoms with Gasteiger partial charge in [0.2, 0.25) is 10.0 Å². The highest BCUT2D eigenvalue weighted by Crippen LogP contribution is 2.16. The lowest BCUT2D eigenvalue weighted by Crippen LogP contribution is -2.12. The zero-order chi connectivity index (χ0) is 14.9. The van der Waals surface area contributed by atoms with Gasteiger partial charge in [-0.1, -0.05) is 12.1 Å². The van der Waals surface area contributed by atoms with Gasteiger partial charge in [-0.2, -0.15) is 0 Å². The Bertz CT molecular complexity index is 749. The minimum atomic E-state index is -3.77. The Morgan fingerprint density at radius 2 is 1.95 bits per heavy atom. The van der Waals surface area contributed by atoms with Crippen LogP contribution >= 0.6 is 0 Å². The zero-order valence-corrected chi connectivity index (χ0v) is 11.3. The molecule has 0 radical (unpaired) electrons. The Morgan fingerprint density at radius 1 is 1.35 bits per heavy atom. The first-order valence-electron chi connectivity index (χ1n) is 5.65. The molecule has 0 unspecified atom stereocenters. The second-order valence-corrected chi connectivity index (χ2v) is 5.56. The van der Waals surface area contributed by atoms with Gasteiger partial charge in [-0.3, -0.25) is 0 Å². The smallest absolute Gasteiger partial charge is 0.358 e. The van der Waals surface area contributed by atoms with Gasteiger partial charge in [0, 0.05) is 0 Å². The van der Waals surface area contributed by atoms with Gasteiger partial charge in [0.1, 0.15) is 0 Å². The molecule has 0 atom stereocenters. The highest BCUT2D eigenvalue weighted by Gasteiger charge is 2.18. The van der Waals surface area contributed by atoms with E-state index >= 15 is 0 Å². The van der Waals surface area contributed by atoms with Crippen molar-refractivity contribution in [3.05, 3.63) is 35.7 Å². The Labute approximate surface area is 114 Å². The predicted octanol–water partition coefficient (Wildman–Crippen LogP) is 0.175. The van der Waals surface area contributed by atoms with Crippen LogP contribution in [-0.4, -0.2) is 34.5 Å². The number of hydrogen-bond donors (Lipinski definition) is 2. The van der Waals surface area contributed by atoms with E-state index < -0.39 is 16.0 Å². The number of sulfonamides is 1. The molecule has 0 amide bonds. The second kappa shape index (κ2) is 5.02. The Morgan fingerprint density at radius 3 is 2.40 bits per heavy atom. The predicted molar refractivity (Wildman–Crippen MR) is 69.1 cm³/mol. The molecule has 1 aromatic carbocycles. The van der Waals surface area contributed by atoms with Gasteiger partial charge in [-0.15, -0.1) is 5.10 Å². The van der Waals surface area contributed by atoms with E-state index in [0.717, 1.165) is 0 Å². The van der Waals surface area contributed by atoms with Gasteiger partial charge in [-0.25, -0.2) is 23.0 Å². The molecule has 0 saturated carbocycles. The maximum absolute atomic E-state index is 11.2. The number of primary sulfonamides is 1. The van der Waals surface area contributed by atoms with Crippen molar-refractivity contribution >= 4 is 16.0 Å². The van der Waals surface area contributed by atoms with Crippen LogP contribution in [0.3, 0.4) is 0 Å². The average Bonchev–Trinajstić information content (AvgIpc) is 2.81. The van der Waals surface area contributed by atoms with E-state index in [9.17, 15) is 13.2 Å². The number of aromatic carboxylic acids is 1. The quantitative estimate of drug-likeness (QED) is 0.828. The number of hydrogen-bond acceptors (Lipinski definition) is 5. The molecule has 1 aromatic heterocycles. The maximum Gasteiger partial charge on any atom is 0.358 e. The monoisotopic (exact) mass is 296 g/mol. The van der Waals surface area contributed by atoms with Gasteiger partial charge in [0.15, 0.2) is 5.69 Å². The summed E-state index contributed by atoms with van der Waals surface area (Å²) in [5, 5.41) is 21.4. The third-order valence-corrected chi connectivity index (χ3v) is 3.64. The summed E-state index contributed by atoms with van der Waals surface area (Å²) >= 11 is 0. The standard InChI is InChI=1S/C11H12N4O4S/c1-2-9-10(11(16)17)13-14-15(9)7-3-5-8(6-4-7)20(12,18)19/h3-6H,2H2,1H3,(H,16,17)(H2,12,18,19). The maximum atomic E-state index is 11.2. The van der Waals surface area contributed by atoms with Crippen molar-refractivity contribution in [2.75, 3.05) is 0 Å². The SMILES string of the molecule is CCc1c(C(=O)O)nnn1-c1ccc(S(N)(=O)=O)cc1. The van der Waals surface area contributed by atoms with Crippen molar-refractivity contribution in [1.82, 2.24) is 15.0 Å². The normalized spacial score (nSPS) is 11.5. The third-order valence-electron chi connectivity index (χ3n) is 2.71. The molecule has 0 saturated heterocycles. The summed E-state index contributed by atoms with van der Waals surface area (Å²) in [6.07, 6.45) is 0.422. The van der Waals surface area contributed by atoms with E-state index in [2.05, 4.69) is 10.3 Å². The van der Waals surface area contributed by atoms with E-state index in [1.807, 2.05) is 0 Å². The van der Waals surface area contributed by atoms with Crippen LogP contribution in [0.5, 0.6) is 0 Å². The van der Waals surface area contributed by atoms with Crippen molar-refractivity contribution in [2.45, 2.75) is 18.2 Å². The number of carboxylic acids is 1. The fourth-order valence-corrected chi connectivity index (χ4v) is 2.28. The van der Waals surface area contributed by atoms with Crippen molar-refractivity contribution < 1.29 is 18.3 Å². The van der Waals surface area contributed by atoms with Gasteiger partial charge in [0.05, 0.1) is 16.3 Å². The molecule has 9 heteroatoms. The Hall–Kier alpha value is -2.26. The summed E-state index contributed by atoms with van der Waals surface area (Å²) in [5.41, 5.74) is 0.818. The minimum absolute atomic E-state index is 0.0297. The molecular weight excluding hydrogens is 284 g/mol. The molecule has 0 fully saturated rings. The summed E-state index contributed by atoms with van der Waals surface area (Å²) in [5.74, 6) is -1.16. The molecule has 2 aromatic rings. The summed E-state index contributed by atoms with van der Waals surface area (Å²) in [4.78, 5) is 11.0. The van der Waals surface area contributed by atoms with Crippen LogP contribution in [0.25, 0.3) is 5.69 Å². The summed E-state index contributed by atoms with van der Waals surface area (Å²) < 4.78 is 23.7. The second-order valence-electron chi connectivity index (χ2n) is 3.99. The number of carbonyl (C=O) groups is 1. The van der Waals surface area contributed by atoms with E-state index in [-0.39, 0.29) is 10.6 Å². The van der Waals surface area contributed by atoms with Crippen LogP contribution in [0.2, 0.25) is 0 Å². The lowest BCUT2D eigenvalue weighted by atomic mass is 10.2. The van der Waals surface area contributed by atoms with Gasteiger partial charge < -0.3 is 5.11 Å². The lowest BCUT2D eigenvalue weighted by molar-refractivity contribution is 0.0689. The first-order chi connectivity index (χ1) is 9.34. The minimum Gasteiger partial charge on any atom is -0.476 e. The van der Waals surface area contributed by atoms with Crippen molar-refractivity contribution in [1.29, 1.82) is 0 Å². The number of rotatable bonds is 4. The Kier molecular flexibility index (Phi) is 3.55. The van der Waals surface area contributed by atoms with Crippen LogP contribution in [0, 0.1) is 0 Å². The largest absolute Gasteiger partial charge is 0.476 e. The van der Waals surface area contributed by atoms with Crippen molar-refractivity contribution in [2.24, 2.45) is 5.14 Å². The van der Waals surface area contributed by atoms with E-state index in [4.69, 9.17) is 10.2 Å². The molecule has 8 nitrogen and oxygen atoms in total. The summed E-state index contributed by atoms with van der Waals surface area (Å²) in [6, 6.07) is 5.62. The van der Waals surface area contributed by atoms with E-state index in [1.165, 1.54) is 28.9 Å². The summed E-state index contributed by atoms with van der Waals surface area (Å²) in [6.45, 7) is 1.78. The number of nitrogens with zero attached hydrogens (tertiary/aromatic N) is 3. The molecule has 0 bridgehead atoms. The molecule has 3 N–H and O–H groups in total. The number of aromatic nitrogens is 3. The highest BCUT2D eigenvalue weighted by atomic mass is 32.2. The molecular formula is C11H12N4O4S. The molecule has 106 valence electrons. The topological polar surface area (TPSA) is 128 Å². The number of carboxylic acid groups (broad SMARTS) is 1. The van der Waals surface area contributed by atoms with Crippen LogP contribution in [0.4, 0.5) is 0 Å². The Balaban J connectivity index is 2.50. The van der Waals surface area contributed by atoms with Crippen molar-refractivity contribution in [3.8, 4) is 5.69 Å². The van der Waals surface area contributed by atoms with Crippen molar-refractivity contribution in [3.63, 3.8) is 0 Å². The van der Waals surface area contributed by atoms with Gasteiger partial charge in [-0.05, 0) is 30.7 Å². The average molecular weight is 296 g/mol. The van der Waals surface area contributed by atoms with Gasteiger partial charge >= 0.3 is 5.97 Å². The molecule has 0 aliphatic carbocycles. The van der Waals surface area contributed by atoms with Crippen LogP contribution < -0.4 is 5.14 Å². The lowest BCUT2D eigenvalue weighted by Gasteiger charge is -2.05. The van der Waals surface area contributed by atoms with Gasteiger partial charge in [0.25, 0.3) is 0 Å². The first-order valence-corrected chi connectivity index (χ1v) is 7.20. The van der Waals surface area contributed by atoms with E-state index in [0.29, 0.717) is 17.8 Å². The molecule has 0 aliphatic heterocycles. The number of benzene rings is 1. The first kappa shape index (κ1) is 14.2. The van der Waals surface area contributed by atoms with Crippen LogP contribution in [0.1, 0.15) is 23.1 Å². The van der Waals surface area contributed by atoms with E-state index in [1.54, 1.807) is 6.92 Å². The molecule has 0 spiro atoms. The fraction of sp³-hybridized carbons (Fsp3) is 0.182. The van der Waals surface area contributed by atoms with Crippen LogP contribution in [0.15, 0.2) is 29.2 Å². The molecule has 2 rings (SSSR count). The number of nitrogens with two attached hydrogens (primary N) is 1. The highest BCUT2D eigenvalue weighted by molar-refractivity contribution is 7.89. The molecule has 1 heterocycles. The zero-order valence-electron chi connectivity index (χ0n) is 10.5.